The van der Waals surface area contributed by atoms with E-state index in [9.17, 15) is 4.39 Å². The summed E-state index contributed by atoms with van der Waals surface area (Å²) in [6.07, 6.45) is 0. The van der Waals surface area contributed by atoms with Gasteiger partial charge in [0.25, 0.3) is 0 Å². The maximum absolute atomic E-state index is 15.0. The van der Waals surface area contributed by atoms with Gasteiger partial charge in [-0.1, -0.05) is 140 Å². The maximum Gasteiger partial charge on any atom is 0.124 e. The van der Waals surface area contributed by atoms with Gasteiger partial charge in [0.1, 0.15) is 5.82 Å². The first-order chi connectivity index (χ1) is 32.7. The molecule has 5 heteroatoms. The summed E-state index contributed by atoms with van der Waals surface area (Å²) in [5.74, 6) is -0.239. The van der Waals surface area contributed by atoms with Crippen LogP contribution in [0.1, 0.15) is 22.3 Å². The fourth-order valence-corrected chi connectivity index (χ4v) is 12.0. The van der Waals surface area contributed by atoms with Crippen molar-refractivity contribution < 1.29 is 4.39 Å². The third-order valence-corrected chi connectivity index (χ3v) is 14.6. The first-order valence-corrected chi connectivity index (χ1v) is 23.2. The van der Waals surface area contributed by atoms with Crippen LogP contribution in [-0.2, 0) is 5.41 Å². The molecule has 3 nitrogen and oxygen atoms in total. The smallest absolute Gasteiger partial charge is 0.124 e. The molecule has 1 aliphatic heterocycles. The van der Waals surface area contributed by atoms with Crippen molar-refractivity contribution in [1.82, 2.24) is 0 Å². The van der Waals surface area contributed by atoms with Crippen molar-refractivity contribution in [2.24, 2.45) is 0 Å². The molecule has 0 bridgehead atoms. The van der Waals surface area contributed by atoms with Gasteiger partial charge in [0, 0.05) is 48.6 Å². The Hall–Kier alpha value is -8.25. The van der Waals surface area contributed by atoms with Crippen molar-refractivity contribution in [3.8, 4) is 11.1 Å². The summed E-state index contributed by atoms with van der Waals surface area (Å²) in [6, 6.07) is 86.3. The van der Waals surface area contributed by atoms with Gasteiger partial charge < -0.3 is 14.7 Å². The Bertz CT molecular complexity index is 3540. The topological polar surface area (TPSA) is 9.72 Å². The molecule has 0 radical (unpaired) electrons. The molecule has 2 aliphatic rings. The molecule has 0 unspecified atom stereocenters. The normalized spacial score (nSPS) is 13.0. The van der Waals surface area contributed by atoms with Crippen molar-refractivity contribution in [3.05, 3.63) is 271 Å². The number of hydrogen-bond acceptors (Lipinski definition) is 4. The number of para-hydroxylation sites is 6. The minimum atomic E-state index is -0.577. The van der Waals surface area contributed by atoms with Gasteiger partial charge in [0.05, 0.1) is 28.2 Å². The largest absolute Gasteiger partial charge is 0.310 e. The van der Waals surface area contributed by atoms with Gasteiger partial charge in [-0.15, -0.1) is 11.3 Å². The van der Waals surface area contributed by atoms with E-state index in [0.717, 1.165) is 60.0 Å². The third kappa shape index (κ3) is 5.67. The van der Waals surface area contributed by atoms with Gasteiger partial charge in [-0.2, -0.15) is 0 Å². The zero-order valence-electron chi connectivity index (χ0n) is 35.7. The molecule has 66 heavy (non-hydrogen) atoms. The Kier molecular flexibility index (Phi) is 8.80. The van der Waals surface area contributed by atoms with Crippen LogP contribution in [0.2, 0.25) is 0 Å². The summed E-state index contributed by atoms with van der Waals surface area (Å²) in [6.45, 7) is 0. The molecule has 1 spiro atoms. The number of hydrogen-bond donors (Lipinski definition) is 0. The molecule has 0 N–H and O–H groups in total. The van der Waals surface area contributed by atoms with Crippen molar-refractivity contribution in [3.63, 3.8) is 0 Å². The van der Waals surface area contributed by atoms with Crippen molar-refractivity contribution in [1.29, 1.82) is 0 Å². The standard InChI is InChI=1S/C61H40FN3S/c62-41-33-35-48-58(39-41)66-57-38-37-56(60(59(48)57)64(43-21-7-2-8-22-43)44-23-9-3-10-24-44)63(42-19-5-1-6-20-42)46-34-36-51-49(40-46)47-27-13-14-28-50(47)61(51)52-29-15-17-31-54(52)65(45-25-11-4-12-26-45)55-32-18-16-30-53(55)61/h1-40H. The average molecular weight is 866 g/mol. The van der Waals surface area contributed by atoms with E-state index in [4.69, 9.17) is 0 Å². The van der Waals surface area contributed by atoms with Gasteiger partial charge in [-0.05, 0) is 137 Å². The molecule has 0 fully saturated rings. The van der Waals surface area contributed by atoms with Crippen LogP contribution in [0.5, 0.6) is 0 Å². The van der Waals surface area contributed by atoms with Gasteiger partial charge >= 0.3 is 0 Å². The molecule has 312 valence electrons. The Morgan fingerprint density at radius 3 is 1.56 bits per heavy atom. The van der Waals surface area contributed by atoms with Crippen LogP contribution >= 0.6 is 11.3 Å². The Labute approximate surface area is 387 Å². The van der Waals surface area contributed by atoms with Gasteiger partial charge in [0.15, 0.2) is 0 Å². The quantitative estimate of drug-likeness (QED) is 0.158. The molecule has 0 amide bonds. The minimum absolute atomic E-state index is 0.239. The predicted octanol–water partition coefficient (Wildman–Crippen LogP) is 17.3. The maximum atomic E-state index is 15.0. The lowest BCUT2D eigenvalue weighted by atomic mass is 9.64. The molecular formula is C61H40FN3S. The lowest BCUT2D eigenvalue weighted by Crippen LogP contribution is -2.36. The van der Waals surface area contributed by atoms with Crippen molar-refractivity contribution in [2.75, 3.05) is 14.7 Å². The number of halogens is 1. The van der Waals surface area contributed by atoms with Crippen LogP contribution in [-0.4, -0.2) is 0 Å². The highest BCUT2D eigenvalue weighted by Crippen LogP contribution is 2.64. The average Bonchev–Trinajstić information content (AvgIpc) is 3.89. The molecule has 0 saturated carbocycles. The molecular weight excluding hydrogens is 826 g/mol. The lowest BCUT2D eigenvalue weighted by Gasteiger charge is -2.45. The van der Waals surface area contributed by atoms with Gasteiger partial charge in [0.2, 0.25) is 0 Å². The van der Waals surface area contributed by atoms with E-state index in [2.05, 4.69) is 239 Å². The van der Waals surface area contributed by atoms with Crippen LogP contribution < -0.4 is 14.7 Å². The second-order valence-corrected chi connectivity index (χ2v) is 18.0. The summed E-state index contributed by atoms with van der Waals surface area (Å²) in [7, 11) is 0. The van der Waals surface area contributed by atoms with E-state index >= 15 is 0 Å². The van der Waals surface area contributed by atoms with Crippen LogP contribution in [0.3, 0.4) is 0 Å². The summed E-state index contributed by atoms with van der Waals surface area (Å²) < 4.78 is 17.0. The lowest BCUT2D eigenvalue weighted by molar-refractivity contribution is 0.630. The van der Waals surface area contributed by atoms with Crippen LogP contribution in [0.15, 0.2) is 243 Å². The monoisotopic (exact) mass is 865 g/mol. The van der Waals surface area contributed by atoms with E-state index < -0.39 is 5.41 Å². The molecule has 0 atom stereocenters. The second kappa shape index (κ2) is 15.2. The zero-order chi connectivity index (χ0) is 43.8. The first-order valence-electron chi connectivity index (χ1n) is 22.4. The molecule has 11 aromatic rings. The molecule has 2 heterocycles. The summed E-state index contributed by atoms with van der Waals surface area (Å²) in [5.41, 5.74) is 16.5. The zero-order valence-corrected chi connectivity index (χ0v) is 36.5. The highest BCUT2D eigenvalue weighted by Gasteiger charge is 2.51. The molecule has 0 saturated heterocycles. The molecule has 1 aromatic heterocycles. The number of benzene rings is 10. The van der Waals surface area contributed by atoms with E-state index in [1.807, 2.05) is 6.07 Å². The van der Waals surface area contributed by atoms with Crippen LogP contribution in [0.4, 0.5) is 55.6 Å². The highest BCUT2D eigenvalue weighted by molar-refractivity contribution is 7.26. The van der Waals surface area contributed by atoms with Crippen molar-refractivity contribution >= 4 is 82.7 Å². The molecule has 13 rings (SSSR count). The summed E-state index contributed by atoms with van der Waals surface area (Å²) >= 11 is 1.63. The van der Waals surface area contributed by atoms with Gasteiger partial charge in [-0.25, -0.2) is 4.39 Å². The van der Waals surface area contributed by atoms with E-state index in [1.54, 1.807) is 23.5 Å². The number of fused-ring (bicyclic) bond motifs is 12. The SMILES string of the molecule is Fc1ccc2c(c1)sc1ccc(N(c3ccccc3)c3ccc4c(c3)-c3ccccc3C43c4ccccc4N(c4ccccc4)c4ccccc43)c(N(c3ccccc3)c3ccccc3)c12. The summed E-state index contributed by atoms with van der Waals surface area (Å²) in [4.78, 5) is 7.21. The Balaban J connectivity index is 1.10. The number of anilines is 9. The molecule has 10 aromatic carbocycles. The minimum Gasteiger partial charge on any atom is -0.310 e. The van der Waals surface area contributed by atoms with Crippen LogP contribution in [0, 0.1) is 5.82 Å². The van der Waals surface area contributed by atoms with Crippen LogP contribution in [0.25, 0.3) is 31.3 Å². The molecule has 1 aliphatic carbocycles. The van der Waals surface area contributed by atoms with E-state index in [0.29, 0.717) is 0 Å². The van der Waals surface area contributed by atoms with E-state index in [-0.39, 0.29) is 5.82 Å². The number of nitrogens with zero attached hydrogens (tertiary/aromatic N) is 3. The third-order valence-electron chi connectivity index (χ3n) is 13.5. The predicted molar refractivity (Wildman–Crippen MR) is 274 cm³/mol. The van der Waals surface area contributed by atoms with Gasteiger partial charge in [-0.3, -0.25) is 0 Å². The highest BCUT2D eigenvalue weighted by atomic mass is 32.1. The number of rotatable bonds is 7. The number of thiophene rings is 1. The fraction of sp³-hybridized carbons (Fsp3) is 0.0164. The van der Waals surface area contributed by atoms with E-state index in [1.165, 1.54) is 44.8 Å². The Morgan fingerprint density at radius 2 is 0.924 bits per heavy atom. The summed E-state index contributed by atoms with van der Waals surface area (Å²) in [5, 5.41) is 2.09. The Morgan fingerprint density at radius 1 is 0.394 bits per heavy atom. The first kappa shape index (κ1) is 38.2. The second-order valence-electron chi connectivity index (χ2n) is 17.0. The fourth-order valence-electron chi connectivity index (χ4n) is 10.9. The van der Waals surface area contributed by atoms with Crippen molar-refractivity contribution in [2.45, 2.75) is 5.41 Å².